The molecule has 2 fully saturated rings. The van der Waals surface area contributed by atoms with E-state index < -0.39 is 5.60 Å². The molecule has 5 rings (SSSR count). The minimum atomic E-state index is -0.471. The molecule has 0 atom stereocenters. The van der Waals surface area contributed by atoms with E-state index in [2.05, 4.69) is 57.2 Å². The van der Waals surface area contributed by atoms with Crippen LogP contribution in [0.5, 0.6) is 0 Å². The third-order valence-electron chi connectivity index (χ3n) is 7.86. The fourth-order valence-corrected chi connectivity index (χ4v) is 5.66. The van der Waals surface area contributed by atoms with Crippen LogP contribution < -0.4 is 5.32 Å². The molecule has 3 heterocycles. The van der Waals surface area contributed by atoms with Crippen molar-refractivity contribution >= 4 is 23.1 Å². The summed E-state index contributed by atoms with van der Waals surface area (Å²) in [6.07, 6.45) is 8.33. The molecule has 1 saturated heterocycles. The van der Waals surface area contributed by atoms with Gasteiger partial charge in [-0.05, 0) is 64.0 Å². The van der Waals surface area contributed by atoms with Crippen LogP contribution in [-0.4, -0.2) is 80.0 Å². The fourth-order valence-electron chi connectivity index (χ4n) is 5.66. The molecule has 0 spiro atoms. The predicted molar refractivity (Wildman–Crippen MR) is 158 cm³/mol. The number of ether oxygens (including phenoxy) is 1. The van der Waals surface area contributed by atoms with Crippen LogP contribution in [0.4, 0.5) is 10.7 Å². The molecule has 2 aromatic heterocycles. The van der Waals surface area contributed by atoms with Crippen molar-refractivity contribution in [2.75, 3.05) is 38.0 Å². The Morgan fingerprint density at radius 2 is 1.77 bits per heavy atom. The molecule has 1 aromatic carbocycles. The molecule has 2 aliphatic rings. The van der Waals surface area contributed by atoms with Crippen LogP contribution in [0.25, 0.3) is 22.2 Å². The number of nitrogens with zero attached hydrogens (tertiary/aromatic N) is 5. The molecular weight excluding hydrogens is 504 g/mol. The van der Waals surface area contributed by atoms with Crippen LogP contribution in [0.2, 0.25) is 0 Å². The number of fused-ring (bicyclic) bond motifs is 1. The van der Waals surface area contributed by atoms with Gasteiger partial charge in [0, 0.05) is 68.7 Å². The Morgan fingerprint density at radius 3 is 2.42 bits per heavy atom. The van der Waals surface area contributed by atoms with Gasteiger partial charge in [-0.15, -0.1) is 0 Å². The molecule has 1 aliphatic carbocycles. The van der Waals surface area contributed by atoms with Gasteiger partial charge in [-0.1, -0.05) is 31.2 Å². The number of aliphatic hydroxyl groups is 1. The number of aromatic nitrogens is 3. The molecule has 1 amide bonds. The van der Waals surface area contributed by atoms with Crippen molar-refractivity contribution in [3.63, 3.8) is 0 Å². The van der Waals surface area contributed by atoms with Crippen LogP contribution in [0.15, 0.2) is 36.7 Å². The third kappa shape index (κ3) is 6.75. The van der Waals surface area contributed by atoms with E-state index in [1.165, 1.54) is 5.56 Å². The van der Waals surface area contributed by atoms with Crippen molar-refractivity contribution < 1.29 is 14.6 Å². The minimum Gasteiger partial charge on any atom is -0.444 e. The maximum atomic E-state index is 12.4. The summed E-state index contributed by atoms with van der Waals surface area (Å²) >= 11 is 0. The van der Waals surface area contributed by atoms with Gasteiger partial charge in [-0.2, -0.15) is 4.98 Å². The van der Waals surface area contributed by atoms with Crippen molar-refractivity contribution in [2.24, 2.45) is 0 Å². The molecule has 0 bridgehead atoms. The zero-order chi connectivity index (χ0) is 28.3. The van der Waals surface area contributed by atoms with E-state index in [4.69, 9.17) is 9.72 Å². The lowest BCUT2D eigenvalue weighted by Crippen LogP contribution is -2.49. The maximum Gasteiger partial charge on any atom is 0.410 e. The Morgan fingerprint density at radius 1 is 1.07 bits per heavy atom. The molecular formula is C31H44N6O3. The Labute approximate surface area is 237 Å². The summed E-state index contributed by atoms with van der Waals surface area (Å²) in [6.45, 7) is 12.5. The molecule has 3 aromatic rings. The van der Waals surface area contributed by atoms with Crippen LogP contribution in [0.3, 0.4) is 0 Å². The maximum absolute atomic E-state index is 12.4. The second kappa shape index (κ2) is 12.1. The zero-order valence-electron chi connectivity index (χ0n) is 24.4. The summed E-state index contributed by atoms with van der Waals surface area (Å²) in [4.78, 5) is 26.1. The summed E-state index contributed by atoms with van der Waals surface area (Å²) in [5.41, 5.74) is 4.02. The number of hydrogen-bond donors (Lipinski definition) is 2. The lowest BCUT2D eigenvalue weighted by atomic mass is 9.93. The SMILES string of the molecule is CCCNc1ncc2c(-c3ccc(CN4CCN(C(=O)OC(C)(C)C)CC4)cc3)cn(C3CCC(O)CC3)c2n1. The van der Waals surface area contributed by atoms with Gasteiger partial charge in [0.15, 0.2) is 0 Å². The van der Waals surface area contributed by atoms with Gasteiger partial charge in [0.05, 0.1) is 6.10 Å². The first kappa shape index (κ1) is 28.4. The Kier molecular flexibility index (Phi) is 8.61. The van der Waals surface area contributed by atoms with Crippen molar-refractivity contribution in [1.29, 1.82) is 0 Å². The van der Waals surface area contributed by atoms with Crippen LogP contribution in [-0.2, 0) is 11.3 Å². The molecule has 1 saturated carbocycles. The van der Waals surface area contributed by atoms with E-state index >= 15 is 0 Å². The number of aliphatic hydroxyl groups excluding tert-OH is 1. The number of carbonyl (C=O) groups is 1. The highest BCUT2D eigenvalue weighted by atomic mass is 16.6. The van der Waals surface area contributed by atoms with E-state index in [0.717, 1.165) is 80.4 Å². The molecule has 9 heteroatoms. The Hall–Kier alpha value is -3.17. The second-order valence-electron chi connectivity index (χ2n) is 12.2. The lowest BCUT2D eigenvalue weighted by molar-refractivity contribution is 0.0139. The number of hydrogen-bond acceptors (Lipinski definition) is 7. The number of anilines is 1. The second-order valence-corrected chi connectivity index (χ2v) is 12.2. The summed E-state index contributed by atoms with van der Waals surface area (Å²) in [7, 11) is 0. The predicted octanol–water partition coefficient (Wildman–Crippen LogP) is 5.45. The first-order valence-electron chi connectivity index (χ1n) is 14.8. The topological polar surface area (TPSA) is 95.8 Å². The Bertz CT molecular complexity index is 1280. The highest BCUT2D eigenvalue weighted by molar-refractivity contribution is 5.94. The van der Waals surface area contributed by atoms with Gasteiger partial charge in [-0.25, -0.2) is 9.78 Å². The summed E-state index contributed by atoms with van der Waals surface area (Å²) in [5, 5.41) is 14.4. The number of piperazine rings is 1. The zero-order valence-corrected chi connectivity index (χ0v) is 24.4. The summed E-state index contributed by atoms with van der Waals surface area (Å²) in [6, 6.07) is 9.12. The molecule has 0 radical (unpaired) electrons. The van der Waals surface area contributed by atoms with E-state index in [0.29, 0.717) is 25.1 Å². The van der Waals surface area contributed by atoms with E-state index in [1.54, 1.807) is 4.90 Å². The normalized spacial score (nSPS) is 20.6. The number of amides is 1. The highest BCUT2D eigenvalue weighted by Gasteiger charge is 2.27. The lowest BCUT2D eigenvalue weighted by Gasteiger charge is -2.35. The molecule has 40 heavy (non-hydrogen) atoms. The fraction of sp³-hybridized carbons (Fsp3) is 0.581. The van der Waals surface area contributed by atoms with E-state index in [9.17, 15) is 9.90 Å². The third-order valence-corrected chi connectivity index (χ3v) is 7.86. The Balaban J connectivity index is 1.30. The van der Waals surface area contributed by atoms with Gasteiger partial charge < -0.3 is 24.6 Å². The minimum absolute atomic E-state index is 0.193. The smallest absolute Gasteiger partial charge is 0.410 e. The van der Waals surface area contributed by atoms with Gasteiger partial charge >= 0.3 is 6.09 Å². The highest BCUT2D eigenvalue weighted by Crippen LogP contribution is 2.36. The summed E-state index contributed by atoms with van der Waals surface area (Å²) in [5.74, 6) is 0.665. The number of benzene rings is 1. The summed E-state index contributed by atoms with van der Waals surface area (Å²) < 4.78 is 7.84. The van der Waals surface area contributed by atoms with Crippen molar-refractivity contribution in [2.45, 2.75) is 84.1 Å². The molecule has 1 aliphatic heterocycles. The van der Waals surface area contributed by atoms with Crippen molar-refractivity contribution in [1.82, 2.24) is 24.3 Å². The van der Waals surface area contributed by atoms with E-state index in [-0.39, 0.29) is 12.2 Å². The number of nitrogens with one attached hydrogen (secondary N) is 1. The quantitative estimate of drug-likeness (QED) is 0.405. The first-order valence-corrected chi connectivity index (χ1v) is 14.8. The number of rotatable bonds is 7. The number of carbonyl (C=O) groups excluding carboxylic acids is 1. The molecule has 0 unspecified atom stereocenters. The average Bonchev–Trinajstić information content (AvgIpc) is 3.31. The molecule has 216 valence electrons. The standard InChI is InChI=1S/C31H44N6O3/c1-5-14-32-29-33-19-26-27(21-37(28(26)34-29)24-10-12-25(38)13-11-24)23-8-6-22(7-9-23)20-35-15-17-36(18-16-35)30(39)40-31(2,3)4/h6-9,19,21,24-25,38H,5,10-18,20H2,1-4H3,(H,32,33,34). The largest absolute Gasteiger partial charge is 0.444 e. The van der Waals surface area contributed by atoms with E-state index in [1.807, 2.05) is 27.0 Å². The van der Waals surface area contributed by atoms with Gasteiger partial charge in [-0.3, -0.25) is 4.90 Å². The van der Waals surface area contributed by atoms with Crippen LogP contribution >= 0.6 is 0 Å². The van der Waals surface area contributed by atoms with Crippen LogP contribution in [0.1, 0.15) is 71.4 Å². The monoisotopic (exact) mass is 548 g/mol. The first-order chi connectivity index (χ1) is 19.2. The van der Waals surface area contributed by atoms with Gasteiger partial charge in [0.25, 0.3) is 0 Å². The van der Waals surface area contributed by atoms with Gasteiger partial charge in [0.1, 0.15) is 11.2 Å². The van der Waals surface area contributed by atoms with Crippen molar-refractivity contribution in [3.8, 4) is 11.1 Å². The van der Waals surface area contributed by atoms with Crippen LogP contribution in [0, 0.1) is 0 Å². The molecule has 9 nitrogen and oxygen atoms in total. The average molecular weight is 549 g/mol. The van der Waals surface area contributed by atoms with Gasteiger partial charge in [0.2, 0.25) is 5.95 Å². The van der Waals surface area contributed by atoms with Crippen molar-refractivity contribution in [3.05, 3.63) is 42.2 Å². The molecule has 2 N–H and O–H groups in total.